The van der Waals surface area contributed by atoms with Gasteiger partial charge in [0.05, 0.1) is 6.10 Å². The second kappa shape index (κ2) is 4.43. The first kappa shape index (κ1) is 9.47. The van der Waals surface area contributed by atoms with Gasteiger partial charge in [0.25, 0.3) is 0 Å². The first-order chi connectivity index (χ1) is 6.38. The third-order valence-electron chi connectivity index (χ3n) is 3.35. The van der Waals surface area contributed by atoms with Gasteiger partial charge >= 0.3 is 0 Å². The van der Waals surface area contributed by atoms with E-state index in [-0.39, 0.29) is 0 Å². The average molecular weight is 183 g/mol. The molecule has 2 nitrogen and oxygen atoms in total. The Morgan fingerprint density at radius 3 is 2.31 bits per heavy atom. The average Bonchev–Trinajstić information content (AvgIpc) is 2.99. The predicted octanol–water partition coefficient (Wildman–Crippen LogP) is 1.94. The van der Waals surface area contributed by atoms with Gasteiger partial charge < -0.3 is 10.1 Å². The van der Waals surface area contributed by atoms with Gasteiger partial charge in [-0.2, -0.15) is 0 Å². The third-order valence-corrected chi connectivity index (χ3v) is 3.35. The minimum absolute atomic E-state index is 0.574. The van der Waals surface area contributed by atoms with E-state index in [1.54, 1.807) is 0 Å². The molecular formula is C11H21NO. The van der Waals surface area contributed by atoms with Crippen LogP contribution in [0.3, 0.4) is 0 Å². The molecule has 2 rings (SSSR count). The van der Waals surface area contributed by atoms with Crippen LogP contribution in [0.2, 0.25) is 0 Å². The molecule has 0 aromatic rings. The van der Waals surface area contributed by atoms with Gasteiger partial charge in [0.15, 0.2) is 0 Å². The molecule has 0 amide bonds. The Bertz CT molecular complexity index is 148. The van der Waals surface area contributed by atoms with Crippen LogP contribution in [0.15, 0.2) is 0 Å². The number of hydrogen-bond donors (Lipinski definition) is 1. The Morgan fingerprint density at radius 2 is 1.77 bits per heavy atom. The Labute approximate surface area is 81.0 Å². The van der Waals surface area contributed by atoms with E-state index in [1.165, 1.54) is 38.5 Å². The molecule has 2 heteroatoms. The number of ether oxygens (including phenoxy) is 1. The molecule has 0 aromatic heterocycles. The van der Waals surface area contributed by atoms with Crippen molar-refractivity contribution in [1.82, 2.24) is 5.32 Å². The zero-order valence-corrected chi connectivity index (χ0v) is 8.59. The summed E-state index contributed by atoms with van der Waals surface area (Å²) < 4.78 is 5.87. The summed E-state index contributed by atoms with van der Waals surface area (Å²) in [5, 5.41) is 3.35. The van der Waals surface area contributed by atoms with Crippen LogP contribution in [0.5, 0.6) is 0 Å². The Morgan fingerprint density at radius 1 is 1.08 bits per heavy atom. The van der Waals surface area contributed by atoms with Crippen molar-refractivity contribution in [3.05, 3.63) is 0 Å². The SMILES string of the molecule is CNC1CCC(OCC2CC2)CC1. The summed E-state index contributed by atoms with van der Waals surface area (Å²) in [7, 11) is 2.07. The fourth-order valence-corrected chi connectivity index (χ4v) is 2.07. The lowest BCUT2D eigenvalue weighted by atomic mass is 9.93. The highest BCUT2D eigenvalue weighted by atomic mass is 16.5. The van der Waals surface area contributed by atoms with Gasteiger partial charge in [-0.15, -0.1) is 0 Å². The normalized spacial score (nSPS) is 34.8. The molecule has 2 saturated carbocycles. The van der Waals surface area contributed by atoms with E-state index in [2.05, 4.69) is 12.4 Å². The summed E-state index contributed by atoms with van der Waals surface area (Å²) in [4.78, 5) is 0. The number of hydrogen-bond acceptors (Lipinski definition) is 2. The summed E-state index contributed by atoms with van der Waals surface area (Å²) in [6.07, 6.45) is 8.51. The van der Waals surface area contributed by atoms with Crippen LogP contribution in [0.25, 0.3) is 0 Å². The zero-order chi connectivity index (χ0) is 9.10. The molecule has 2 fully saturated rings. The van der Waals surface area contributed by atoms with Crippen molar-refractivity contribution in [3.8, 4) is 0 Å². The lowest BCUT2D eigenvalue weighted by Gasteiger charge is -2.28. The molecule has 0 atom stereocenters. The molecule has 0 spiro atoms. The first-order valence-electron chi connectivity index (χ1n) is 5.67. The van der Waals surface area contributed by atoms with Crippen LogP contribution in [-0.2, 0) is 4.74 Å². The van der Waals surface area contributed by atoms with E-state index in [4.69, 9.17) is 4.74 Å². The van der Waals surface area contributed by atoms with Gasteiger partial charge in [-0.25, -0.2) is 0 Å². The minimum atomic E-state index is 0.574. The van der Waals surface area contributed by atoms with Crippen LogP contribution < -0.4 is 5.32 Å². The molecule has 2 aliphatic rings. The first-order valence-corrected chi connectivity index (χ1v) is 5.67. The molecule has 76 valence electrons. The fraction of sp³-hybridized carbons (Fsp3) is 1.00. The second-order valence-corrected chi connectivity index (χ2v) is 4.54. The molecular weight excluding hydrogens is 162 g/mol. The summed E-state index contributed by atoms with van der Waals surface area (Å²) in [6, 6.07) is 0.751. The summed E-state index contributed by atoms with van der Waals surface area (Å²) in [5.41, 5.74) is 0. The maximum atomic E-state index is 5.87. The highest BCUT2D eigenvalue weighted by Crippen LogP contribution is 2.30. The van der Waals surface area contributed by atoms with Crippen LogP contribution >= 0.6 is 0 Å². The van der Waals surface area contributed by atoms with Crippen LogP contribution in [0.4, 0.5) is 0 Å². The molecule has 0 saturated heterocycles. The quantitative estimate of drug-likeness (QED) is 0.719. The van der Waals surface area contributed by atoms with E-state index >= 15 is 0 Å². The molecule has 0 bridgehead atoms. The summed E-state index contributed by atoms with van der Waals surface area (Å²) >= 11 is 0. The zero-order valence-electron chi connectivity index (χ0n) is 8.59. The molecule has 1 N–H and O–H groups in total. The molecule has 0 radical (unpaired) electrons. The van der Waals surface area contributed by atoms with E-state index in [0.29, 0.717) is 6.10 Å². The lowest BCUT2D eigenvalue weighted by Crippen LogP contribution is -2.33. The molecule has 0 heterocycles. The fourth-order valence-electron chi connectivity index (χ4n) is 2.07. The van der Waals surface area contributed by atoms with Crippen molar-refractivity contribution in [1.29, 1.82) is 0 Å². The van der Waals surface area contributed by atoms with E-state index < -0.39 is 0 Å². The van der Waals surface area contributed by atoms with E-state index in [1.807, 2.05) is 0 Å². The molecule has 0 unspecified atom stereocenters. The standard InChI is InChI=1S/C11H21NO/c1-12-10-4-6-11(7-5-10)13-8-9-2-3-9/h9-12H,2-8H2,1H3. The largest absolute Gasteiger partial charge is 0.378 e. The maximum absolute atomic E-state index is 5.87. The third kappa shape index (κ3) is 2.96. The van der Waals surface area contributed by atoms with Gasteiger partial charge in [-0.1, -0.05) is 0 Å². The van der Waals surface area contributed by atoms with Gasteiger partial charge in [0, 0.05) is 12.6 Å². The smallest absolute Gasteiger partial charge is 0.0576 e. The monoisotopic (exact) mass is 183 g/mol. The van der Waals surface area contributed by atoms with Crippen LogP contribution in [0.1, 0.15) is 38.5 Å². The van der Waals surface area contributed by atoms with E-state index in [9.17, 15) is 0 Å². The highest BCUT2D eigenvalue weighted by molar-refractivity contribution is 4.78. The summed E-state index contributed by atoms with van der Waals surface area (Å²) in [6.45, 7) is 1.04. The van der Waals surface area contributed by atoms with Crippen molar-refractivity contribution in [3.63, 3.8) is 0 Å². The van der Waals surface area contributed by atoms with Crippen molar-refractivity contribution in [2.24, 2.45) is 5.92 Å². The van der Waals surface area contributed by atoms with Crippen molar-refractivity contribution < 1.29 is 4.74 Å². The van der Waals surface area contributed by atoms with Crippen molar-refractivity contribution in [2.75, 3.05) is 13.7 Å². The van der Waals surface area contributed by atoms with Gasteiger partial charge in [-0.05, 0) is 51.5 Å². The topological polar surface area (TPSA) is 21.3 Å². The summed E-state index contributed by atoms with van der Waals surface area (Å²) in [5.74, 6) is 0.919. The minimum Gasteiger partial charge on any atom is -0.378 e. The van der Waals surface area contributed by atoms with Crippen molar-refractivity contribution >= 4 is 0 Å². The second-order valence-electron chi connectivity index (χ2n) is 4.54. The highest BCUT2D eigenvalue weighted by Gasteiger charge is 2.25. The number of nitrogens with one attached hydrogen (secondary N) is 1. The van der Waals surface area contributed by atoms with Crippen LogP contribution in [-0.4, -0.2) is 25.8 Å². The Hall–Kier alpha value is -0.0800. The van der Waals surface area contributed by atoms with Gasteiger partial charge in [0.1, 0.15) is 0 Å². The van der Waals surface area contributed by atoms with E-state index in [0.717, 1.165) is 18.6 Å². The molecule has 0 aromatic carbocycles. The predicted molar refractivity (Wildman–Crippen MR) is 53.8 cm³/mol. The molecule has 2 aliphatic carbocycles. The lowest BCUT2D eigenvalue weighted by molar-refractivity contribution is 0.0171. The number of rotatable bonds is 4. The maximum Gasteiger partial charge on any atom is 0.0576 e. The Kier molecular flexibility index (Phi) is 3.23. The van der Waals surface area contributed by atoms with Gasteiger partial charge in [0.2, 0.25) is 0 Å². The van der Waals surface area contributed by atoms with Crippen molar-refractivity contribution in [2.45, 2.75) is 50.7 Å². The van der Waals surface area contributed by atoms with Gasteiger partial charge in [-0.3, -0.25) is 0 Å². The molecule has 0 aliphatic heterocycles. The van der Waals surface area contributed by atoms with Crippen LogP contribution in [0, 0.1) is 5.92 Å². The Balaban J connectivity index is 1.59. The molecule has 13 heavy (non-hydrogen) atoms.